The molecule has 90 valence electrons. The highest BCUT2D eigenvalue weighted by atomic mass is 16.5. The second-order valence-electron chi connectivity index (χ2n) is 4.28. The minimum absolute atomic E-state index is 0.201. The average molecular weight is 225 g/mol. The largest absolute Gasteiger partial charge is 0.461 e. The normalized spacial score (nSPS) is 10.8. The molecular formula is C11H19N3O2. The Kier molecular flexibility index (Phi) is 4.34. The Labute approximate surface area is 95.6 Å². The van der Waals surface area contributed by atoms with Crippen LogP contribution in [0.15, 0.2) is 6.20 Å². The number of esters is 1. The Morgan fingerprint density at radius 2 is 2.31 bits per heavy atom. The van der Waals surface area contributed by atoms with Crippen molar-refractivity contribution in [2.45, 2.75) is 26.7 Å². The Morgan fingerprint density at radius 1 is 1.62 bits per heavy atom. The van der Waals surface area contributed by atoms with Gasteiger partial charge in [-0.25, -0.2) is 4.79 Å². The van der Waals surface area contributed by atoms with Gasteiger partial charge in [0.05, 0.1) is 12.3 Å². The first-order valence-electron chi connectivity index (χ1n) is 5.47. The van der Waals surface area contributed by atoms with Crippen LogP contribution in [0.5, 0.6) is 0 Å². The molecule has 0 saturated carbocycles. The molecular weight excluding hydrogens is 206 g/mol. The summed E-state index contributed by atoms with van der Waals surface area (Å²) in [5.41, 5.74) is 6.17. The molecule has 0 spiro atoms. The summed E-state index contributed by atoms with van der Waals surface area (Å²) in [6, 6.07) is 0. The number of anilines is 1. The molecule has 0 aromatic carbocycles. The van der Waals surface area contributed by atoms with Gasteiger partial charge < -0.3 is 10.5 Å². The predicted molar refractivity (Wildman–Crippen MR) is 62.0 cm³/mol. The van der Waals surface area contributed by atoms with Crippen LogP contribution in [0.2, 0.25) is 0 Å². The van der Waals surface area contributed by atoms with E-state index in [2.05, 4.69) is 18.9 Å². The maximum absolute atomic E-state index is 11.5. The van der Waals surface area contributed by atoms with Crippen LogP contribution in [-0.2, 0) is 11.8 Å². The minimum atomic E-state index is -0.443. The lowest BCUT2D eigenvalue weighted by Crippen LogP contribution is -2.10. The zero-order valence-electron chi connectivity index (χ0n) is 10.1. The summed E-state index contributed by atoms with van der Waals surface area (Å²) in [5.74, 6) is 0.181. The molecule has 0 amide bonds. The van der Waals surface area contributed by atoms with Crippen molar-refractivity contribution in [3.63, 3.8) is 0 Å². The lowest BCUT2D eigenvalue weighted by molar-refractivity contribution is 0.0488. The van der Waals surface area contributed by atoms with E-state index >= 15 is 0 Å². The third kappa shape index (κ3) is 3.56. The van der Waals surface area contributed by atoms with Crippen molar-refractivity contribution in [3.05, 3.63) is 11.9 Å². The topological polar surface area (TPSA) is 70.1 Å². The lowest BCUT2D eigenvalue weighted by Gasteiger charge is -2.05. The van der Waals surface area contributed by atoms with E-state index in [1.54, 1.807) is 13.2 Å². The molecule has 0 bridgehead atoms. The van der Waals surface area contributed by atoms with Crippen LogP contribution in [0, 0.1) is 5.92 Å². The summed E-state index contributed by atoms with van der Waals surface area (Å²) in [6.45, 7) is 4.70. The fourth-order valence-corrected chi connectivity index (χ4v) is 1.39. The highest BCUT2D eigenvalue weighted by molar-refractivity contribution is 5.92. The highest BCUT2D eigenvalue weighted by Crippen LogP contribution is 2.10. The van der Waals surface area contributed by atoms with E-state index in [0.717, 1.165) is 12.8 Å². The van der Waals surface area contributed by atoms with Gasteiger partial charge in [0.2, 0.25) is 0 Å². The van der Waals surface area contributed by atoms with Gasteiger partial charge in [-0.1, -0.05) is 13.8 Å². The van der Waals surface area contributed by atoms with Crippen molar-refractivity contribution >= 4 is 11.7 Å². The number of nitrogen functional groups attached to an aromatic ring is 1. The maximum atomic E-state index is 11.5. The number of nitrogens with two attached hydrogens (primary N) is 1. The number of nitrogens with zero attached hydrogens (tertiary/aromatic N) is 2. The van der Waals surface area contributed by atoms with Gasteiger partial charge in [-0.05, 0) is 18.8 Å². The summed E-state index contributed by atoms with van der Waals surface area (Å²) >= 11 is 0. The molecule has 0 aliphatic heterocycles. The third-order valence-corrected chi connectivity index (χ3v) is 2.21. The van der Waals surface area contributed by atoms with Gasteiger partial charge in [0.15, 0.2) is 5.69 Å². The molecule has 1 heterocycles. The number of ether oxygens (including phenoxy) is 1. The van der Waals surface area contributed by atoms with Gasteiger partial charge in [-0.15, -0.1) is 0 Å². The first kappa shape index (κ1) is 12.5. The van der Waals surface area contributed by atoms with E-state index in [1.807, 2.05) is 0 Å². The van der Waals surface area contributed by atoms with Gasteiger partial charge in [-0.3, -0.25) is 4.68 Å². The number of hydrogen-bond acceptors (Lipinski definition) is 4. The number of hydrogen-bond donors (Lipinski definition) is 1. The smallest absolute Gasteiger partial charge is 0.361 e. The molecule has 1 rings (SSSR count). The Morgan fingerprint density at radius 3 is 2.81 bits per heavy atom. The number of carbonyl (C=O) groups excluding carboxylic acids is 1. The van der Waals surface area contributed by atoms with E-state index in [0.29, 0.717) is 18.2 Å². The molecule has 0 saturated heterocycles. The van der Waals surface area contributed by atoms with Crippen LogP contribution in [0.1, 0.15) is 37.2 Å². The zero-order chi connectivity index (χ0) is 12.1. The van der Waals surface area contributed by atoms with Crippen LogP contribution in [0.4, 0.5) is 5.69 Å². The fraction of sp³-hybridized carbons (Fsp3) is 0.636. The predicted octanol–water partition coefficient (Wildman–Crippen LogP) is 1.60. The molecule has 0 unspecified atom stereocenters. The van der Waals surface area contributed by atoms with Crippen molar-refractivity contribution < 1.29 is 9.53 Å². The van der Waals surface area contributed by atoms with Crippen LogP contribution in [0.3, 0.4) is 0 Å². The van der Waals surface area contributed by atoms with E-state index in [1.165, 1.54) is 4.68 Å². The number of rotatable bonds is 5. The zero-order valence-corrected chi connectivity index (χ0v) is 10.1. The van der Waals surface area contributed by atoms with E-state index in [-0.39, 0.29) is 5.69 Å². The molecule has 1 aromatic rings. The molecule has 16 heavy (non-hydrogen) atoms. The van der Waals surface area contributed by atoms with Crippen LogP contribution >= 0.6 is 0 Å². The number of aryl methyl sites for hydroxylation is 1. The molecule has 5 nitrogen and oxygen atoms in total. The first-order valence-corrected chi connectivity index (χ1v) is 5.47. The lowest BCUT2D eigenvalue weighted by atomic mass is 10.1. The Hall–Kier alpha value is -1.52. The van der Waals surface area contributed by atoms with E-state index in [9.17, 15) is 4.79 Å². The van der Waals surface area contributed by atoms with Gasteiger partial charge in [0.25, 0.3) is 0 Å². The van der Waals surface area contributed by atoms with Crippen molar-refractivity contribution in [2.24, 2.45) is 13.0 Å². The third-order valence-electron chi connectivity index (χ3n) is 2.21. The van der Waals surface area contributed by atoms with Crippen molar-refractivity contribution in [1.82, 2.24) is 9.78 Å². The summed E-state index contributed by atoms with van der Waals surface area (Å²) < 4.78 is 6.58. The summed E-state index contributed by atoms with van der Waals surface area (Å²) in [6.07, 6.45) is 3.51. The van der Waals surface area contributed by atoms with Gasteiger partial charge in [0.1, 0.15) is 0 Å². The summed E-state index contributed by atoms with van der Waals surface area (Å²) in [4.78, 5) is 11.5. The summed E-state index contributed by atoms with van der Waals surface area (Å²) in [5, 5.41) is 3.94. The van der Waals surface area contributed by atoms with Crippen molar-refractivity contribution in [2.75, 3.05) is 12.3 Å². The molecule has 0 radical (unpaired) electrons. The molecule has 0 aliphatic rings. The highest BCUT2D eigenvalue weighted by Gasteiger charge is 2.15. The molecule has 2 N–H and O–H groups in total. The van der Waals surface area contributed by atoms with Gasteiger partial charge >= 0.3 is 5.97 Å². The van der Waals surface area contributed by atoms with Crippen molar-refractivity contribution in [3.8, 4) is 0 Å². The number of aromatic nitrogens is 2. The Bertz CT molecular complexity index is 358. The van der Waals surface area contributed by atoms with Crippen LogP contribution < -0.4 is 5.73 Å². The maximum Gasteiger partial charge on any atom is 0.361 e. The molecule has 5 heteroatoms. The molecule has 0 fully saturated rings. The molecule has 0 aliphatic carbocycles. The van der Waals surface area contributed by atoms with E-state index < -0.39 is 5.97 Å². The first-order chi connectivity index (χ1) is 7.50. The van der Waals surface area contributed by atoms with Crippen LogP contribution in [-0.4, -0.2) is 22.4 Å². The quantitative estimate of drug-likeness (QED) is 0.610. The average Bonchev–Trinajstić information content (AvgIpc) is 2.52. The van der Waals surface area contributed by atoms with Crippen molar-refractivity contribution in [1.29, 1.82) is 0 Å². The molecule has 0 atom stereocenters. The minimum Gasteiger partial charge on any atom is -0.461 e. The summed E-state index contributed by atoms with van der Waals surface area (Å²) in [7, 11) is 1.71. The SMILES string of the molecule is CC(C)CCCOC(=O)c1nn(C)cc1N. The van der Waals surface area contributed by atoms with Gasteiger partial charge in [0, 0.05) is 13.2 Å². The molecule has 1 aromatic heterocycles. The monoisotopic (exact) mass is 225 g/mol. The van der Waals surface area contributed by atoms with Crippen LogP contribution in [0.25, 0.3) is 0 Å². The van der Waals surface area contributed by atoms with Gasteiger partial charge in [-0.2, -0.15) is 5.10 Å². The number of carbonyl (C=O) groups is 1. The standard InChI is InChI=1S/C11H19N3O2/c1-8(2)5-4-6-16-11(15)10-9(12)7-14(3)13-10/h7-8H,4-6,12H2,1-3H3. The Balaban J connectivity index is 2.38. The fourth-order valence-electron chi connectivity index (χ4n) is 1.39. The van der Waals surface area contributed by atoms with E-state index in [4.69, 9.17) is 10.5 Å². The second kappa shape index (κ2) is 5.53. The second-order valence-corrected chi connectivity index (χ2v) is 4.28.